The molecule has 0 aromatic heterocycles. The second-order valence-electron chi connectivity index (χ2n) is 3.84. The molecule has 0 aromatic carbocycles. The summed E-state index contributed by atoms with van der Waals surface area (Å²) in [4.78, 5) is 10.7. The predicted octanol–water partition coefficient (Wildman–Crippen LogP) is -1.61. The summed E-state index contributed by atoms with van der Waals surface area (Å²) in [6.07, 6.45) is 3.34. The number of hydrogen-bond acceptors (Lipinski definition) is 2. The number of aliphatic carboxylic acids is 1. The minimum atomic E-state index is -0.878. The molecule has 3 heteroatoms. The van der Waals surface area contributed by atoms with Crippen LogP contribution in [-0.4, -0.2) is 12.0 Å². The van der Waals surface area contributed by atoms with E-state index in [0.717, 1.165) is 12.8 Å². The number of hydrogen-bond donors (Lipinski definition) is 1. The molecule has 0 heterocycles. The Balaban J connectivity index is 2.17. The maximum Gasteiger partial charge on any atom is 0.0956 e. The van der Waals surface area contributed by atoms with Gasteiger partial charge in [0.15, 0.2) is 0 Å². The van der Waals surface area contributed by atoms with Crippen LogP contribution in [-0.2, 0) is 4.79 Å². The highest BCUT2D eigenvalue weighted by Gasteiger charge is 2.48. The van der Waals surface area contributed by atoms with Crippen LogP contribution >= 0.6 is 0 Å². The fourth-order valence-electron chi connectivity index (χ4n) is 2.78. The number of rotatable bonds is 1. The summed E-state index contributed by atoms with van der Waals surface area (Å²) in [6, 6.07) is 0.124. The molecule has 2 aliphatic carbocycles. The average molecular weight is 155 g/mol. The van der Waals surface area contributed by atoms with E-state index in [9.17, 15) is 9.90 Å². The first-order valence-corrected chi connectivity index (χ1v) is 4.24. The van der Waals surface area contributed by atoms with Gasteiger partial charge in [0.1, 0.15) is 0 Å². The van der Waals surface area contributed by atoms with Gasteiger partial charge < -0.3 is 15.6 Å². The van der Waals surface area contributed by atoms with Crippen molar-refractivity contribution in [3.05, 3.63) is 0 Å². The van der Waals surface area contributed by atoms with Crippen LogP contribution in [0.15, 0.2) is 0 Å². The first kappa shape index (κ1) is 7.10. The van der Waals surface area contributed by atoms with Crippen molar-refractivity contribution in [1.29, 1.82) is 0 Å². The lowest BCUT2D eigenvalue weighted by molar-refractivity contribution is -0.446. The quantitative estimate of drug-likeness (QED) is 0.495. The van der Waals surface area contributed by atoms with Gasteiger partial charge >= 0.3 is 0 Å². The van der Waals surface area contributed by atoms with Crippen molar-refractivity contribution in [3.8, 4) is 0 Å². The van der Waals surface area contributed by atoms with Crippen molar-refractivity contribution in [2.24, 2.45) is 17.8 Å². The molecule has 2 saturated carbocycles. The van der Waals surface area contributed by atoms with Gasteiger partial charge in [-0.05, 0) is 25.2 Å². The van der Waals surface area contributed by atoms with E-state index >= 15 is 0 Å². The molecule has 2 bridgehead atoms. The molecule has 0 unspecified atom stereocenters. The van der Waals surface area contributed by atoms with Crippen molar-refractivity contribution >= 4 is 5.97 Å². The maximum atomic E-state index is 10.7. The van der Waals surface area contributed by atoms with Gasteiger partial charge in [-0.3, -0.25) is 0 Å². The Kier molecular flexibility index (Phi) is 1.42. The summed E-state index contributed by atoms with van der Waals surface area (Å²) < 4.78 is 0. The molecule has 2 aliphatic rings. The van der Waals surface area contributed by atoms with E-state index in [0.29, 0.717) is 11.8 Å². The van der Waals surface area contributed by atoms with E-state index in [1.165, 1.54) is 6.42 Å². The minimum absolute atomic E-state index is 0.124. The number of carboxylic acid groups (broad SMARTS) is 1. The molecular formula is C8H13NO2. The first-order valence-electron chi connectivity index (χ1n) is 4.24. The van der Waals surface area contributed by atoms with E-state index in [-0.39, 0.29) is 12.0 Å². The smallest absolute Gasteiger partial charge is 0.0956 e. The number of carbonyl (C=O) groups is 1. The Morgan fingerprint density at radius 1 is 1.36 bits per heavy atom. The lowest BCUT2D eigenvalue weighted by atomic mass is 9.85. The summed E-state index contributed by atoms with van der Waals surface area (Å²) in [5.41, 5.74) is 3.90. The summed E-state index contributed by atoms with van der Waals surface area (Å²) >= 11 is 0. The molecular weight excluding hydrogens is 142 g/mol. The topological polar surface area (TPSA) is 67.8 Å². The predicted molar refractivity (Wildman–Crippen MR) is 36.0 cm³/mol. The Hall–Kier alpha value is -0.570. The van der Waals surface area contributed by atoms with Crippen molar-refractivity contribution in [2.45, 2.75) is 25.3 Å². The van der Waals surface area contributed by atoms with Crippen LogP contribution in [0, 0.1) is 17.8 Å². The normalized spacial score (nSPS) is 48.1. The van der Waals surface area contributed by atoms with Crippen LogP contribution in [0.3, 0.4) is 0 Å². The standard InChI is InChI=1S/C8H13NO2/c9-7-5-2-1-4(3-5)6(7)8(10)11/h4-7H,1-3,9H2,(H,10,11)/t4-,5+,6-,7-/m1/s1. The van der Waals surface area contributed by atoms with Gasteiger partial charge in [0.25, 0.3) is 0 Å². The Labute approximate surface area is 65.6 Å². The summed E-state index contributed by atoms with van der Waals surface area (Å²) in [5, 5.41) is 10.7. The second kappa shape index (κ2) is 2.21. The van der Waals surface area contributed by atoms with E-state index < -0.39 is 5.97 Å². The molecule has 2 fully saturated rings. The Morgan fingerprint density at radius 3 is 2.36 bits per heavy atom. The van der Waals surface area contributed by atoms with Crippen LogP contribution in [0.4, 0.5) is 0 Å². The highest BCUT2D eigenvalue weighted by atomic mass is 16.4. The number of quaternary nitrogens is 1. The molecule has 3 N–H and O–H groups in total. The van der Waals surface area contributed by atoms with Crippen molar-refractivity contribution in [1.82, 2.24) is 0 Å². The molecule has 0 amide bonds. The minimum Gasteiger partial charge on any atom is -0.550 e. The van der Waals surface area contributed by atoms with Crippen LogP contribution in [0.5, 0.6) is 0 Å². The fraction of sp³-hybridized carbons (Fsp3) is 0.875. The molecule has 0 saturated heterocycles. The summed E-state index contributed by atoms with van der Waals surface area (Å²) in [7, 11) is 0. The van der Waals surface area contributed by atoms with Gasteiger partial charge in [0.05, 0.1) is 17.9 Å². The zero-order valence-electron chi connectivity index (χ0n) is 6.45. The van der Waals surface area contributed by atoms with Crippen LogP contribution in [0.1, 0.15) is 19.3 Å². The molecule has 0 spiro atoms. The number of carboxylic acids is 1. The maximum absolute atomic E-state index is 10.7. The average Bonchev–Trinajstić information content (AvgIpc) is 2.44. The zero-order chi connectivity index (χ0) is 8.01. The number of carbonyl (C=O) groups excluding carboxylic acids is 1. The zero-order valence-corrected chi connectivity index (χ0v) is 6.45. The monoisotopic (exact) mass is 155 g/mol. The molecule has 0 aliphatic heterocycles. The highest BCUT2D eigenvalue weighted by molar-refractivity contribution is 5.69. The molecule has 0 aromatic rings. The molecule has 0 radical (unpaired) electrons. The highest BCUT2D eigenvalue weighted by Crippen LogP contribution is 2.46. The third-order valence-electron chi connectivity index (χ3n) is 3.36. The largest absolute Gasteiger partial charge is 0.550 e. The lowest BCUT2D eigenvalue weighted by Crippen LogP contribution is -2.69. The number of fused-ring (bicyclic) bond motifs is 2. The van der Waals surface area contributed by atoms with Crippen molar-refractivity contribution in [2.75, 3.05) is 0 Å². The van der Waals surface area contributed by atoms with Gasteiger partial charge in [-0.25, -0.2) is 0 Å². The van der Waals surface area contributed by atoms with E-state index in [4.69, 9.17) is 0 Å². The fourth-order valence-corrected chi connectivity index (χ4v) is 2.78. The van der Waals surface area contributed by atoms with Crippen LogP contribution in [0.2, 0.25) is 0 Å². The summed E-state index contributed by atoms with van der Waals surface area (Å²) in [6.45, 7) is 0. The van der Waals surface area contributed by atoms with E-state index in [1.807, 2.05) is 0 Å². The molecule has 11 heavy (non-hydrogen) atoms. The molecule has 2 rings (SSSR count). The van der Waals surface area contributed by atoms with Crippen LogP contribution < -0.4 is 10.8 Å². The van der Waals surface area contributed by atoms with E-state index in [2.05, 4.69) is 5.73 Å². The summed E-state index contributed by atoms with van der Waals surface area (Å²) in [5.74, 6) is -0.165. The van der Waals surface area contributed by atoms with Crippen molar-refractivity contribution < 1.29 is 15.6 Å². The second-order valence-corrected chi connectivity index (χ2v) is 3.84. The van der Waals surface area contributed by atoms with Gasteiger partial charge in [0.2, 0.25) is 0 Å². The van der Waals surface area contributed by atoms with Gasteiger partial charge in [-0.2, -0.15) is 0 Å². The SMILES string of the molecule is [NH3+][C@@H]1[C@H]2CC[C@H](C2)[C@H]1C(=O)[O-]. The third-order valence-corrected chi connectivity index (χ3v) is 3.36. The van der Waals surface area contributed by atoms with Gasteiger partial charge in [0, 0.05) is 5.92 Å². The lowest BCUT2D eigenvalue weighted by Gasteiger charge is -2.25. The molecule has 4 atom stereocenters. The van der Waals surface area contributed by atoms with Gasteiger partial charge in [-0.1, -0.05) is 0 Å². The molecule has 3 nitrogen and oxygen atoms in total. The molecule has 62 valence electrons. The first-order chi connectivity index (χ1) is 5.20. The Morgan fingerprint density at radius 2 is 2.00 bits per heavy atom. The van der Waals surface area contributed by atoms with Gasteiger partial charge in [-0.15, -0.1) is 0 Å². The van der Waals surface area contributed by atoms with Crippen LogP contribution in [0.25, 0.3) is 0 Å². The van der Waals surface area contributed by atoms with E-state index in [1.54, 1.807) is 0 Å². The third kappa shape index (κ3) is 0.872. The Bertz CT molecular complexity index is 191. The van der Waals surface area contributed by atoms with Crippen molar-refractivity contribution in [3.63, 3.8) is 0 Å².